The second-order valence-corrected chi connectivity index (χ2v) is 5.99. The molecule has 1 aliphatic rings. The predicted octanol–water partition coefficient (Wildman–Crippen LogP) is 4.16. The van der Waals surface area contributed by atoms with Gasteiger partial charge in [-0.25, -0.2) is 0 Å². The smallest absolute Gasteiger partial charge is 0.307 e. The number of esters is 1. The van der Waals surface area contributed by atoms with E-state index >= 15 is 0 Å². The fourth-order valence-corrected chi connectivity index (χ4v) is 2.39. The van der Waals surface area contributed by atoms with Gasteiger partial charge in [-0.15, -0.1) is 0 Å². The molecular formula is C17H33NO2. The number of rotatable bonds is 14. The van der Waals surface area contributed by atoms with Crippen molar-refractivity contribution in [2.45, 2.75) is 77.6 Å². The van der Waals surface area contributed by atoms with Gasteiger partial charge in [0.05, 0.1) is 13.0 Å². The molecule has 0 atom stereocenters. The molecule has 0 aromatic rings. The summed E-state index contributed by atoms with van der Waals surface area (Å²) in [7, 11) is 0. The van der Waals surface area contributed by atoms with Crippen molar-refractivity contribution in [3.05, 3.63) is 0 Å². The van der Waals surface area contributed by atoms with Gasteiger partial charge in [0.1, 0.15) is 0 Å². The first-order valence-electron chi connectivity index (χ1n) is 8.71. The Kier molecular flexibility index (Phi) is 10.7. The highest BCUT2D eigenvalue weighted by Crippen LogP contribution is 2.10. The molecule has 3 nitrogen and oxygen atoms in total. The minimum atomic E-state index is -0.0205. The average molecular weight is 283 g/mol. The van der Waals surface area contributed by atoms with Crippen molar-refractivity contribution in [1.29, 1.82) is 0 Å². The van der Waals surface area contributed by atoms with E-state index in [2.05, 4.69) is 11.8 Å². The molecule has 0 unspecified atom stereocenters. The van der Waals surface area contributed by atoms with Gasteiger partial charge in [-0.2, -0.15) is 0 Å². The van der Waals surface area contributed by atoms with Gasteiger partial charge >= 0.3 is 5.97 Å². The van der Waals surface area contributed by atoms with E-state index in [0.29, 0.717) is 13.0 Å². The summed E-state index contributed by atoms with van der Waals surface area (Å²) in [5, 5.41) is 0. The SMILES string of the molecule is CCCCCCCCCCCCOC(=O)CCN1CC1. The van der Waals surface area contributed by atoms with Crippen LogP contribution in [0.1, 0.15) is 77.6 Å². The van der Waals surface area contributed by atoms with Gasteiger partial charge < -0.3 is 9.64 Å². The van der Waals surface area contributed by atoms with Crippen LogP contribution in [0, 0.1) is 0 Å². The second kappa shape index (κ2) is 12.2. The van der Waals surface area contributed by atoms with Crippen molar-refractivity contribution in [3.8, 4) is 0 Å². The van der Waals surface area contributed by atoms with Crippen LogP contribution in [-0.2, 0) is 9.53 Å². The molecule has 0 saturated carbocycles. The first kappa shape index (κ1) is 17.5. The predicted molar refractivity (Wildman–Crippen MR) is 83.9 cm³/mol. The van der Waals surface area contributed by atoms with Crippen LogP contribution in [0.3, 0.4) is 0 Å². The molecule has 1 fully saturated rings. The van der Waals surface area contributed by atoms with Crippen molar-refractivity contribution < 1.29 is 9.53 Å². The first-order valence-corrected chi connectivity index (χ1v) is 8.71. The maximum atomic E-state index is 11.4. The van der Waals surface area contributed by atoms with E-state index in [0.717, 1.165) is 26.1 Å². The molecule has 3 heteroatoms. The van der Waals surface area contributed by atoms with Crippen molar-refractivity contribution in [1.82, 2.24) is 4.90 Å². The summed E-state index contributed by atoms with van der Waals surface area (Å²) in [6, 6.07) is 0. The van der Waals surface area contributed by atoms with Crippen LogP contribution >= 0.6 is 0 Å². The summed E-state index contributed by atoms with van der Waals surface area (Å²) in [5.74, 6) is -0.0205. The van der Waals surface area contributed by atoms with Gasteiger partial charge in [0, 0.05) is 19.6 Å². The van der Waals surface area contributed by atoms with E-state index in [4.69, 9.17) is 4.74 Å². The van der Waals surface area contributed by atoms with E-state index in [9.17, 15) is 4.79 Å². The fraction of sp³-hybridized carbons (Fsp3) is 0.941. The number of unbranched alkanes of at least 4 members (excludes halogenated alkanes) is 9. The normalized spacial score (nSPS) is 14.4. The summed E-state index contributed by atoms with van der Waals surface area (Å²) < 4.78 is 5.23. The molecule has 118 valence electrons. The molecule has 1 aliphatic heterocycles. The van der Waals surface area contributed by atoms with Crippen LogP contribution in [0.5, 0.6) is 0 Å². The Bertz CT molecular complexity index is 239. The van der Waals surface area contributed by atoms with Gasteiger partial charge in [-0.1, -0.05) is 64.7 Å². The largest absolute Gasteiger partial charge is 0.466 e. The summed E-state index contributed by atoms with van der Waals surface area (Å²) >= 11 is 0. The van der Waals surface area contributed by atoms with E-state index in [1.165, 1.54) is 57.8 Å². The van der Waals surface area contributed by atoms with Crippen molar-refractivity contribution in [2.24, 2.45) is 0 Å². The molecule has 1 heterocycles. The molecule has 1 saturated heterocycles. The Morgan fingerprint density at radius 2 is 1.45 bits per heavy atom. The van der Waals surface area contributed by atoms with Crippen LogP contribution < -0.4 is 0 Å². The standard InChI is InChI=1S/C17H33NO2/c1-2-3-4-5-6-7-8-9-10-11-16-20-17(19)12-13-18-14-15-18/h2-16H2,1H3. The molecule has 1 rings (SSSR count). The summed E-state index contributed by atoms with van der Waals surface area (Å²) in [5.41, 5.74) is 0. The summed E-state index contributed by atoms with van der Waals surface area (Å²) in [4.78, 5) is 13.6. The molecular weight excluding hydrogens is 250 g/mol. The highest BCUT2D eigenvalue weighted by atomic mass is 16.5. The zero-order chi connectivity index (χ0) is 14.5. The molecule has 0 aromatic carbocycles. The lowest BCUT2D eigenvalue weighted by Gasteiger charge is -2.05. The monoisotopic (exact) mass is 283 g/mol. The molecule has 0 bridgehead atoms. The summed E-state index contributed by atoms with van der Waals surface area (Å²) in [6.45, 7) is 6.08. The van der Waals surface area contributed by atoms with E-state index < -0.39 is 0 Å². The highest BCUT2D eigenvalue weighted by Gasteiger charge is 2.17. The van der Waals surface area contributed by atoms with Crippen LogP contribution in [0.15, 0.2) is 0 Å². The van der Waals surface area contributed by atoms with Gasteiger partial charge in [0.2, 0.25) is 0 Å². The van der Waals surface area contributed by atoms with Gasteiger partial charge in [-0.05, 0) is 6.42 Å². The number of carbonyl (C=O) groups excluding carboxylic acids is 1. The average Bonchev–Trinajstić information content (AvgIpc) is 3.27. The maximum absolute atomic E-state index is 11.4. The number of ether oxygens (including phenoxy) is 1. The molecule has 0 radical (unpaired) electrons. The van der Waals surface area contributed by atoms with Crippen molar-refractivity contribution in [3.63, 3.8) is 0 Å². The van der Waals surface area contributed by atoms with Crippen LogP contribution in [0.25, 0.3) is 0 Å². The molecule has 0 N–H and O–H groups in total. The Morgan fingerprint density at radius 1 is 0.900 bits per heavy atom. The zero-order valence-electron chi connectivity index (χ0n) is 13.4. The first-order chi connectivity index (χ1) is 9.83. The quantitative estimate of drug-likeness (QED) is 0.272. The Morgan fingerprint density at radius 3 is 2.00 bits per heavy atom. The number of hydrogen-bond acceptors (Lipinski definition) is 3. The molecule has 0 amide bonds. The van der Waals surface area contributed by atoms with Gasteiger partial charge in [-0.3, -0.25) is 4.79 Å². The molecule has 0 aliphatic carbocycles. The lowest BCUT2D eigenvalue weighted by atomic mass is 10.1. The minimum absolute atomic E-state index is 0.0205. The minimum Gasteiger partial charge on any atom is -0.466 e. The number of hydrogen-bond donors (Lipinski definition) is 0. The maximum Gasteiger partial charge on any atom is 0.307 e. The van der Waals surface area contributed by atoms with E-state index in [-0.39, 0.29) is 5.97 Å². The summed E-state index contributed by atoms with van der Waals surface area (Å²) in [6.07, 6.45) is 13.7. The molecule has 0 spiro atoms. The topological polar surface area (TPSA) is 29.3 Å². The van der Waals surface area contributed by atoms with Crippen LogP contribution in [-0.4, -0.2) is 37.1 Å². The van der Waals surface area contributed by atoms with Crippen LogP contribution in [0.2, 0.25) is 0 Å². The highest BCUT2D eigenvalue weighted by molar-refractivity contribution is 5.69. The lowest BCUT2D eigenvalue weighted by molar-refractivity contribution is -0.143. The Labute approximate surface area is 125 Å². The van der Waals surface area contributed by atoms with Crippen molar-refractivity contribution in [2.75, 3.05) is 26.2 Å². The number of nitrogens with zero attached hydrogens (tertiary/aromatic N) is 1. The number of carbonyl (C=O) groups is 1. The van der Waals surface area contributed by atoms with Crippen LogP contribution in [0.4, 0.5) is 0 Å². The molecule has 20 heavy (non-hydrogen) atoms. The fourth-order valence-electron chi connectivity index (χ4n) is 2.39. The van der Waals surface area contributed by atoms with E-state index in [1.54, 1.807) is 0 Å². The van der Waals surface area contributed by atoms with E-state index in [1.807, 2.05) is 0 Å². The third-order valence-electron chi connectivity index (χ3n) is 3.93. The van der Waals surface area contributed by atoms with Gasteiger partial charge in [0.25, 0.3) is 0 Å². The van der Waals surface area contributed by atoms with Gasteiger partial charge in [0.15, 0.2) is 0 Å². The zero-order valence-corrected chi connectivity index (χ0v) is 13.4. The Balaban J connectivity index is 1.70. The second-order valence-electron chi connectivity index (χ2n) is 5.99. The van der Waals surface area contributed by atoms with Crippen molar-refractivity contribution >= 4 is 5.97 Å². The third-order valence-corrected chi connectivity index (χ3v) is 3.93. The Hall–Kier alpha value is -0.570. The molecule has 0 aromatic heterocycles. The third kappa shape index (κ3) is 11.3. The lowest BCUT2D eigenvalue weighted by Crippen LogP contribution is -2.11.